The van der Waals surface area contributed by atoms with Crippen molar-refractivity contribution in [3.05, 3.63) is 24.4 Å². The van der Waals surface area contributed by atoms with E-state index in [1.54, 1.807) is 18.2 Å². The van der Waals surface area contributed by atoms with Gasteiger partial charge in [0.2, 0.25) is 10.0 Å². The molecule has 19 heavy (non-hydrogen) atoms. The summed E-state index contributed by atoms with van der Waals surface area (Å²) in [6.07, 6.45) is 3.67. The number of nitrogens with one attached hydrogen (secondary N) is 2. The molecule has 0 atom stereocenters. The summed E-state index contributed by atoms with van der Waals surface area (Å²) >= 11 is 0. The maximum Gasteiger partial charge on any atom is 0.242 e. The summed E-state index contributed by atoms with van der Waals surface area (Å²) in [6.45, 7) is 2.58. The highest BCUT2D eigenvalue weighted by molar-refractivity contribution is 7.89. The molecule has 1 aromatic heterocycles. The van der Waals surface area contributed by atoms with Crippen molar-refractivity contribution in [3.8, 4) is 0 Å². The highest BCUT2D eigenvalue weighted by atomic mass is 32.2. The third kappa shape index (κ3) is 2.33. The van der Waals surface area contributed by atoms with Crippen molar-refractivity contribution in [2.75, 3.05) is 12.3 Å². The fourth-order valence-corrected chi connectivity index (χ4v) is 3.44. The number of fused-ring (bicyclic) bond motifs is 1. The molecule has 1 aliphatic carbocycles. The van der Waals surface area contributed by atoms with Crippen LogP contribution in [0.1, 0.15) is 19.8 Å². The molecule has 0 amide bonds. The maximum atomic E-state index is 12.3. The van der Waals surface area contributed by atoms with E-state index in [-0.39, 0.29) is 10.3 Å². The third-order valence-corrected chi connectivity index (χ3v) is 5.19. The second-order valence-electron chi connectivity index (χ2n) is 5.59. The number of aromatic nitrogens is 1. The van der Waals surface area contributed by atoms with Crippen molar-refractivity contribution >= 4 is 26.6 Å². The standard InChI is InChI=1S/C13H17N3O2S/c1-13(4-5-13)8-16-19(17,18)12-7-15-11-3-2-9(14)6-10(11)12/h2-3,6-7,15-16H,4-5,8,14H2,1H3. The summed E-state index contributed by atoms with van der Waals surface area (Å²) in [7, 11) is -3.49. The Labute approximate surface area is 112 Å². The van der Waals surface area contributed by atoms with Gasteiger partial charge in [0.05, 0.1) is 0 Å². The largest absolute Gasteiger partial charge is 0.399 e. The lowest BCUT2D eigenvalue weighted by Gasteiger charge is -2.10. The molecule has 1 heterocycles. The van der Waals surface area contributed by atoms with Gasteiger partial charge in [-0.05, 0) is 36.5 Å². The zero-order valence-corrected chi connectivity index (χ0v) is 11.5. The lowest BCUT2D eigenvalue weighted by atomic mass is 10.2. The molecule has 0 aliphatic heterocycles. The van der Waals surface area contributed by atoms with E-state index in [0.29, 0.717) is 17.6 Å². The average molecular weight is 279 g/mol. The molecule has 1 aromatic carbocycles. The Morgan fingerprint density at radius 1 is 1.42 bits per heavy atom. The van der Waals surface area contributed by atoms with Crippen LogP contribution in [-0.4, -0.2) is 19.9 Å². The highest BCUT2D eigenvalue weighted by Crippen LogP contribution is 2.44. The Morgan fingerprint density at radius 2 is 2.16 bits per heavy atom. The molecule has 1 saturated carbocycles. The molecule has 4 N–H and O–H groups in total. The molecule has 6 heteroatoms. The second-order valence-corrected chi connectivity index (χ2v) is 7.33. The molecule has 2 aromatic rings. The van der Waals surface area contributed by atoms with Gasteiger partial charge in [0.25, 0.3) is 0 Å². The first-order chi connectivity index (χ1) is 8.90. The molecule has 0 unspecified atom stereocenters. The molecular formula is C13H17N3O2S. The van der Waals surface area contributed by atoms with Gasteiger partial charge < -0.3 is 10.7 Å². The lowest BCUT2D eigenvalue weighted by molar-refractivity contribution is 0.531. The van der Waals surface area contributed by atoms with Gasteiger partial charge in [-0.15, -0.1) is 0 Å². The Morgan fingerprint density at radius 3 is 2.84 bits per heavy atom. The number of hydrogen-bond acceptors (Lipinski definition) is 3. The van der Waals surface area contributed by atoms with Crippen molar-refractivity contribution in [3.63, 3.8) is 0 Å². The first-order valence-electron chi connectivity index (χ1n) is 6.26. The van der Waals surface area contributed by atoms with E-state index < -0.39 is 10.0 Å². The van der Waals surface area contributed by atoms with E-state index in [2.05, 4.69) is 16.6 Å². The Hall–Kier alpha value is -1.53. The van der Waals surface area contributed by atoms with Crippen molar-refractivity contribution in [1.29, 1.82) is 0 Å². The molecule has 0 radical (unpaired) electrons. The van der Waals surface area contributed by atoms with Crippen molar-refractivity contribution in [2.45, 2.75) is 24.7 Å². The molecule has 3 rings (SSSR count). The third-order valence-electron chi connectivity index (χ3n) is 3.75. The quantitative estimate of drug-likeness (QED) is 0.746. The van der Waals surface area contributed by atoms with Gasteiger partial charge in [-0.2, -0.15) is 0 Å². The summed E-state index contributed by atoms with van der Waals surface area (Å²) in [6, 6.07) is 5.21. The van der Waals surface area contributed by atoms with Crippen LogP contribution in [0.25, 0.3) is 10.9 Å². The summed E-state index contributed by atoms with van der Waals surface area (Å²) in [5.74, 6) is 0. The highest BCUT2D eigenvalue weighted by Gasteiger charge is 2.38. The van der Waals surface area contributed by atoms with E-state index in [1.165, 1.54) is 6.20 Å². The molecule has 102 valence electrons. The van der Waals surface area contributed by atoms with Gasteiger partial charge in [-0.25, -0.2) is 13.1 Å². The van der Waals surface area contributed by atoms with Gasteiger partial charge in [-0.3, -0.25) is 0 Å². The number of benzene rings is 1. The first-order valence-corrected chi connectivity index (χ1v) is 7.74. The number of aromatic amines is 1. The van der Waals surface area contributed by atoms with Gasteiger partial charge in [0, 0.05) is 29.3 Å². The molecular weight excluding hydrogens is 262 g/mol. The number of sulfonamides is 1. The summed E-state index contributed by atoms with van der Waals surface area (Å²) in [4.78, 5) is 3.22. The van der Waals surface area contributed by atoms with E-state index in [9.17, 15) is 8.42 Å². The molecule has 0 bridgehead atoms. The Kier molecular flexibility index (Phi) is 2.62. The van der Waals surface area contributed by atoms with Crippen LogP contribution < -0.4 is 10.5 Å². The lowest BCUT2D eigenvalue weighted by Crippen LogP contribution is -2.29. The van der Waals surface area contributed by atoms with E-state index in [4.69, 9.17) is 5.73 Å². The molecule has 0 spiro atoms. The minimum absolute atomic E-state index is 0.137. The number of H-pyrrole nitrogens is 1. The van der Waals surface area contributed by atoms with Gasteiger partial charge >= 0.3 is 0 Å². The van der Waals surface area contributed by atoms with Crippen LogP contribution in [0.15, 0.2) is 29.3 Å². The van der Waals surface area contributed by atoms with Crippen LogP contribution >= 0.6 is 0 Å². The number of nitrogen functional groups attached to an aromatic ring is 1. The summed E-state index contributed by atoms with van der Waals surface area (Å²) < 4.78 is 27.3. The fourth-order valence-electron chi connectivity index (χ4n) is 2.07. The first kappa shape index (κ1) is 12.5. The molecule has 1 fully saturated rings. The second kappa shape index (κ2) is 3.98. The van der Waals surface area contributed by atoms with E-state index >= 15 is 0 Å². The van der Waals surface area contributed by atoms with Crippen molar-refractivity contribution in [1.82, 2.24) is 9.71 Å². The number of hydrogen-bond donors (Lipinski definition) is 3. The number of anilines is 1. The predicted molar refractivity (Wildman–Crippen MR) is 75.2 cm³/mol. The number of nitrogens with two attached hydrogens (primary N) is 1. The molecule has 5 nitrogen and oxygen atoms in total. The SMILES string of the molecule is CC1(CNS(=O)(=O)c2c[nH]c3ccc(N)cc23)CC1. The minimum Gasteiger partial charge on any atom is -0.399 e. The molecule has 1 aliphatic rings. The van der Waals surface area contributed by atoms with Crippen LogP contribution in [-0.2, 0) is 10.0 Å². The van der Waals surface area contributed by atoms with Gasteiger partial charge in [0.1, 0.15) is 4.90 Å². The van der Waals surface area contributed by atoms with Crippen molar-refractivity contribution in [2.24, 2.45) is 5.41 Å². The van der Waals surface area contributed by atoms with Crippen LogP contribution in [0, 0.1) is 5.41 Å². The van der Waals surface area contributed by atoms with E-state index in [1.807, 2.05) is 0 Å². The van der Waals surface area contributed by atoms with Crippen molar-refractivity contribution < 1.29 is 8.42 Å². The number of rotatable bonds is 4. The summed E-state index contributed by atoms with van der Waals surface area (Å²) in [5.41, 5.74) is 7.18. The minimum atomic E-state index is -3.49. The zero-order valence-electron chi connectivity index (χ0n) is 10.7. The van der Waals surface area contributed by atoms with Crippen LogP contribution in [0.3, 0.4) is 0 Å². The van der Waals surface area contributed by atoms with E-state index in [0.717, 1.165) is 18.4 Å². The van der Waals surface area contributed by atoms with Crippen LogP contribution in [0.5, 0.6) is 0 Å². The fraction of sp³-hybridized carbons (Fsp3) is 0.385. The Balaban J connectivity index is 1.96. The van der Waals surface area contributed by atoms with Crippen LogP contribution in [0.2, 0.25) is 0 Å². The van der Waals surface area contributed by atoms with Gasteiger partial charge in [-0.1, -0.05) is 6.92 Å². The topological polar surface area (TPSA) is 88.0 Å². The van der Waals surface area contributed by atoms with Crippen LogP contribution in [0.4, 0.5) is 5.69 Å². The van der Waals surface area contributed by atoms with Gasteiger partial charge in [0.15, 0.2) is 0 Å². The monoisotopic (exact) mass is 279 g/mol. The predicted octanol–water partition coefficient (Wildman–Crippen LogP) is 1.83. The zero-order chi connectivity index (χ0) is 13.7. The Bertz CT molecular complexity index is 729. The average Bonchev–Trinajstić information content (AvgIpc) is 2.94. The smallest absolute Gasteiger partial charge is 0.242 e. The summed E-state index contributed by atoms with van der Waals surface area (Å²) in [5, 5.41) is 0.633. The maximum absolute atomic E-state index is 12.3. The normalized spacial score (nSPS) is 17.7. The molecule has 0 saturated heterocycles.